The van der Waals surface area contributed by atoms with Crippen LogP contribution in [0.4, 0.5) is 0 Å². The number of aromatic nitrogens is 2. The van der Waals surface area contributed by atoms with Crippen LogP contribution in [0.2, 0.25) is 0 Å². The minimum absolute atomic E-state index is 0. The van der Waals surface area contributed by atoms with Crippen molar-refractivity contribution in [1.82, 2.24) is 9.38 Å². The van der Waals surface area contributed by atoms with Gasteiger partial charge in [-0.1, -0.05) is 0 Å². The Hall–Kier alpha value is -1.03. The quantitative estimate of drug-likeness (QED) is 0.749. The van der Waals surface area contributed by atoms with Gasteiger partial charge >= 0.3 is 0 Å². The van der Waals surface area contributed by atoms with E-state index in [0.717, 1.165) is 5.69 Å². The van der Waals surface area contributed by atoms with Gasteiger partial charge < -0.3 is 9.51 Å². The molecule has 0 saturated heterocycles. The third-order valence-corrected chi connectivity index (χ3v) is 1.58. The summed E-state index contributed by atoms with van der Waals surface area (Å²) in [5.41, 5.74) is 1.52. The maximum atomic E-state index is 9.30. The number of aryl methyl sites for hydroxylation is 1. The highest BCUT2D eigenvalue weighted by atomic mass is 79.9. The van der Waals surface area contributed by atoms with Gasteiger partial charge in [-0.2, -0.15) is 0 Å². The molecule has 64 valence electrons. The lowest BCUT2D eigenvalue weighted by molar-refractivity contribution is 0.477. The molecule has 3 nitrogen and oxygen atoms in total. The second-order valence-electron chi connectivity index (χ2n) is 2.51. The number of halogens is 1. The summed E-state index contributed by atoms with van der Waals surface area (Å²) < 4.78 is 1.80. The number of pyridine rings is 1. The van der Waals surface area contributed by atoms with E-state index < -0.39 is 0 Å². The van der Waals surface area contributed by atoms with E-state index in [9.17, 15) is 5.11 Å². The topological polar surface area (TPSA) is 37.5 Å². The van der Waals surface area contributed by atoms with Gasteiger partial charge in [0.2, 0.25) is 0 Å². The van der Waals surface area contributed by atoms with E-state index in [1.54, 1.807) is 16.5 Å². The van der Waals surface area contributed by atoms with Crippen molar-refractivity contribution >= 4 is 22.6 Å². The van der Waals surface area contributed by atoms with Crippen molar-refractivity contribution in [2.24, 2.45) is 0 Å². The molecule has 2 rings (SSSR count). The molecule has 0 aromatic carbocycles. The Labute approximate surface area is 80.4 Å². The van der Waals surface area contributed by atoms with Gasteiger partial charge in [0.15, 0.2) is 11.4 Å². The lowest BCUT2D eigenvalue weighted by atomic mass is 10.4. The standard InChI is InChI=1S/C8H8N2O.BrH/c1-6-5-10-4-2-3-7(11)8(10)9-6;/h2-5,11H,1H3;1H. The van der Waals surface area contributed by atoms with Crippen LogP contribution in [0.15, 0.2) is 24.5 Å². The van der Waals surface area contributed by atoms with E-state index in [1.165, 1.54) is 0 Å². The van der Waals surface area contributed by atoms with E-state index in [2.05, 4.69) is 4.98 Å². The first-order chi connectivity index (χ1) is 5.27. The molecule has 0 unspecified atom stereocenters. The molecule has 4 heteroatoms. The lowest BCUT2D eigenvalue weighted by Gasteiger charge is -1.92. The van der Waals surface area contributed by atoms with E-state index in [1.807, 2.05) is 19.3 Å². The summed E-state index contributed by atoms with van der Waals surface area (Å²) in [5.74, 6) is 0.223. The Kier molecular flexibility index (Phi) is 2.38. The van der Waals surface area contributed by atoms with Gasteiger partial charge in [-0.25, -0.2) is 4.98 Å². The average Bonchev–Trinajstić information content (AvgIpc) is 2.31. The Balaban J connectivity index is 0.000000720. The Morgan fingerprint density at radius 2 is 2.25 bits per heavy atom. The first kappa shape index (κ1) is 9.06. The maximum absolute atomic E-state index is 9.30. The summed E-state index contributed by atoms with van der Waals surface area (Å²) in [6.07, 6.45) is 3.73. The Morgan fingerprint density at radius 1 is 1.50 bits per heavy atom. The molecular weight excluding hydrogens is 220 g/mol. The van der Waals surface area contributed by atoms with Crippen molar-refractivity contribution in [2.75, 3.05) is 0 Å². The van der Waals surface area contributed by atoms with Crippen LogP contribution in [-0.4, -0.2) is 14.5 Å². The molecule has 0 aliphatic heterocycles. The fourth-order valence-electron chi connectivity index (χ4n) is 1.12. The third kappa shape index (κ3) is 1.30. The summed E-state index contributed by atoms with van der Waals surface area (Å²) in [5, 5.41) is 9.30. The second kappa shape index (κ2) is 3.15. The van der Waals surface area contributed by atoms with Gasteiger partial charge in [0.1, 0.15) is 0 Å². The number of rotatable bonds is 0. The SMILES string of the molecule is Br.Cc1cn2cccc(O)c2n1. The van der Waals surface area contributed by atoms with Crippen molar-refractivity contribution in [3.63, 3.8) is 0 Å². The van der Waals surface area contributed by atoms with Crippen molar-refractivity contribution in [3.8, 4) is 5.75 Å². The van der Waals surface area contributed by atoms with Crippen LogP contribution in [-0.2, 0) is 0 Å². The highest BCUT2D eigenvalue weighted by Crippen LogP contribution is 2.15. The van der Waals surface area contributed by atoms with Crippen LogP contribution >= 0.6 is 17.0 Å². The minimum atomic E-state index is 0. The molecule has 0 atom stereocenters. The van der Waals surface area contributed by atoms with Crippen LogP contribution in [0.25, 0.3) is 5.65 Å². The molecule has 0 saturated carbocycles. The fraction of sp³-hybridized carbons (Fsp3) is 0.125. The number of hydrogen-bond donors (Lipinski definition) is 1. The molecule has 2 aromatic heterocycles. The van der Waals surface area contributed by atoms with Crippen LogP contribution < -0.4 is 0 Å². The Morgan fingerprint density at radius 3 is 2.92 bits per heavy atom. The van der Waals surface area contributed by atoms with Crippen molar-refractivity contribution < 1.29 is 5.11 Å². The smallest absolute Gasteiger partial charge is 0.179 e. The van der Waals surface area contributed by atoms with E-state index in [-0.39, 0.29) is 22.7 Å². The fourth-order valence-corrected chi connectivity index (χ4v) is 1.12. The summed E-state index contributed by atoms with van der Waals surface area (Å²) in [6, 6.07) is 3.41. The van der Waals surface area contributed by atoms with Gasteiger partial charge in [-0.3, -0.25) is 0 Å². The van der Waals surface area contributed by atoms with E-state index >= 15 is 0 Å². The summed E-state index contributed by atoms with van der Waals surface area (Å²) in [4.78, 5) is 4.13. The number of fused-ring (bicyclic) bond motifs is 1. The molecule has 0 aliphatic rings. The van der Waals surface area contributed by atoms with Gasteiger partial charge in [0, 0.05) is 12.4 Å². The molecule has 0 bridgehead atoms. The summed E-state index contributed by atoms with van der Waals surface area (Å²) in [6.45, 7) is 1.90. The molecule has 1 N–H and O–H groups in total. The first-order valence-electron chi connectivity index (χ1n) is 3.40. The number of nitrogens with zero attached hydrogens (tertiary/aromatic N) is 2. The normalized spacial score (nSPS) is 9.75. The number of imidazole rings is 1. The highest BCUT2D eigenvalue weighted by Gasteiger charge is 2.00. The zero-order chi connectivity index (χ0) is 7.84. The molecule has 2 heterocycles. The Bertz CT molecular complexity index is 397. The van der Waals surface area contributed by atoms with Crippen molar-refractivity contribution in [3.05, 3.63) is 30.2 Å². The first-order valence-corrected chi connectivity index (χ1v) is 3.40. The predicted molar refractivity (Wildman–Crippen MR) is 51.9 cm³/mol. The molecule has 12 heavy (non-hydrogen) atoms. The van der Waals surface area contributed by atoms with Crippen molar-refractivity contribution in [2.45, 2.75) is 6.92 Å². The lowest BCUT2D eigenvalue weighted by Crippen LogP contribution is -1.80. The summed E-state index contributed by atoms with van der Waals surface area (Å²) >= 11 is 0. The molecule has 0 spiro atoms. The van der Waals surface area contributed by atoms with Crippen LogP contribution in [0, 0.1) is 6.92 Å². The zero-order valence-electron chi connectivity index (χ0n) is 6.56. The molecule has 0 radical (unpaired) electrons. The largest absolute Gasteiger partial charge is 0.504 e. The van der Waals surface area contributed by atoms with E-state index in [0.29, 0.717) is 5.65 Å². The molecular formula is C8H9BrN2O. The van der Waals surface area contributed by atoms with Gasteiger partial charge in [0.05, 0.1) is 5.69 Å². The molecule has 0 aliphatic carbocycles. The summed E-state index contributed by atoms with van der Waals surface area (Å²) in [7, 11) is 0. The number of hydrogen-bond acceptors (Lipinski definition) is 2. The average molecular weight is 229 g/mol. The maximum Gasteiger partial charge on any atom is 0.179 e. The van der Waals surface area contributed by atoms with Crippen LogP contribution in [0.1, 0.15) is 5.69 Å². The zero-order valence-corrected chi connectivity index (χ0v) is 8.27. The molecule has 2 aromatic rings. The van der Waals surface area contributed by atoms with Gasteiger partial charge in [-0.15, -0.1) is 17.0 Å². The van der Waals surface area contributed by atoms with Crippen LogP contribution in [0.5, 0.6) is 5.75 Å². The van der Waals surface area contributed by atoms with Crippen molar-refractivity contribution in [1.29, 1.82) is 0 Å². The monoisotopic (exact) mass is 228 g/mol. The second-order valence-corrected chi connectivity index (χ2v) is 2.51. The van der Waals surface area contributed by atoms with Gasteiger partial charge in [-0.05, 0) is 19.1 Å². The molecule has 0 fully saturated rings. The number of aromatic hydroxyl groups is 1. The predicted octanol–water partition coefficient (Wildman–Crippen LogP) is 1.93. The minimum Gasteiger partial charge on any atom is -0.504 e. The third-order valence-electron chi connectivity index (χ3n) is 1.58. The van der Waals surface area contributed by atoms with Gasteiger partial charge in [0.25, 0.3) is 0 Å². The van der Waals surface area contributed by atoms with E-state index in [4.69, 9.17) is 0 Å². The van der Waals surface area contributed by atoms with Crippen LogP contribution in [0.3, 0.4) is 0 Å². The highest BCUT2D eigenvalue weighted by molar-refractivity contribution is 8.93. The molecule has 0 amide bonds.